The lowest BCUT2D eigenvalue weighted by Crippen LogP contribution is -2.27. The maximum Gasteiger partial charge on any atom is 0.407 e. The fourth-order valence-corrected chi connectivity index (χ4v) is 1.70. The van der Waals surface area contributed by atoms with E-state index in [1.54, 1.807) is 6.07 Å². The minimum atomic E-state index is -4.60. The average Bonchev–Trinajstić information content (AvgIpc) is 2.19. The number of nitriles is 1. The van der Waals surface area contributed by atoms with Gasteiger partial charge in [0.15, 0.2) is 5.92 Å². The first kappa shape index (κ1) is 14.1. The number of hydrogen-bond donors (Lipinski definition) is 0. The van der Waals surface area contributed by atoms with E-state index < -0.39 is 18.7 Å². The van der Waals surface area contributed by atoms with Gasteiger partial charge in [0.05, 0.1) is 11.1 Å². The Morgan fingerprint density at radius 1 is 1.47 bits per heavy atom. The molecule has 1 aromatic rings. The van der Waals surface area contributed by atoms with Gasteiger partial charge in [0, 0.05) is 4.47 Å². The lowest BCUT2D eigenvalue weighted by Gasteiger charge is -2.14. The summed E-state index contributed by atoms with van der Waals surface area (Å²) in [7, 11) is 0. The van der Waals surface area contributed by atoms with Crippen molar-refractivity contribution in [3.05, 3.63) is 27.7 Å². The van der Waals surface area contributed by atoms with E-state index in [4.69, 9.17) is 21.6 Å². The zero-order valence-corrected chi connectivity index (χ0v) is 10.6. The largest absolute Gasteiger partial charge is 0.490 e. The highest BCUT2D eigenvalue weighted by atomic mass is 79.9. The molecule has 17 heavy (non-hydrogen) atoms. The maximum absolute atomic E-state index is 12.2. The van der Waals surface area contributed by atoms with Gasteiger partial charge in [-0.1, -0.05) is 27.5 Å². The van der Waals surface area contributed by atoms with Gasteiger partial charge >= 0.3 is 6.18 Å². The molecule has 0 heterocycles. The smallest absolute Gasteiger partial charge is 0.407 e. The molecule has 1 unspecified atom stereocenters. The summed E-state index contributed by atoms with van der Waals surface area (Å²) in [5, 5.41) is 8.54. The molecule has 0 aliphatic carbocycles. The highest BCUT2D eigenvalue weighted by Gasteiger charge is 2.40. The zero-order chi connectivity index (χ0) is 13.1. The Labute approximate surface area is 109 Å². The van der Waals surface area contributed by atoms with Gasteiger partial charge in [-0.05, 0) is 18.2 Å². The fraction of sp³-hybridized carbons (Fsp3) is 0.300. The van der Waals surface area contributed by atoms with Crippen LogP contribution in [0.1, 0.15) is 0 Å². The number of nitrogens with zero attached hydrogens (tertiary/aromatic N) is 1. The molecule has 92 valence electrons. The van der Waals surface area contributed by atoms with Crippen LogP contribution in [0.25, 0.3) is 0 Å². The molecule has 0 spiro atoms. The highest BCUT2D eigenvalue weighted by Crippen LogP contribution is 2.30. The Hall–Kier alpha value is -0.930. The molecule has 0 aromatic heterocycles. The molecular formula is C10H6BrClF3NO. The van der Waals surface area contributed by atoms with Gasteiger partial charge in [0.1, 0.15) is 12.4 Å². The lowest BCUT2D eigenvalue weighted by atomic mass is 10.2. The second-order valence-electron chi connectivity index (χ2n) is 3.11. The first-order valence-electron chi connectivity index (χ1n) is 4.38. The summed E-state index contributed by atoms with van der Waals surface area (Å²) in [6, 6.07) is 5.64. The van der Waals surface area contributed by atoms with Crippen LogP contribution in [0.2, 0.25) is 5.02 Å². The molecule has 1 aromatic carbocycles. The molecule has 0 aliphatic heterocycles. The molecule has 1 rings (SSSR count). The zero-order valence-electron chi connectivity index (χ0n) is 8.26. The van der Waals surface area contributed by atoms with Crippen molar-refractivity contribution >= 4 is 27.5 Å². The summed E-state index contributed by atoms with van der Waals surface area (Å²) in [5.74, 6) is -2.05. The van der Waals surface area contributed by atoms with Gasteiger partial charge in [0.25, 0.3) is 0 Å². The molecular weight excluding hydrogens is 322 g/mol. The van der Waals surface area contributed by atoms with Crippen LogP contribution < -0.4 is 4.74 Å². The topological polar surface area (TPSA) is 33.0 Å². The normalized spacial score (nSPS) is 12.9. The predicted octanol–water partition coefficient (Wildman–Crippen LogP) is 4.18. The molecule has 0 bridgehead atoms. The first-order chi connectivity index (χ1) is 7.84. The number of hydrogen-bond acceptors (Lipinski definition) is 2. The molecule has 0 saturated heterocycles. The second-order valence-corrected chi connectivity index (χ2v) is 4.43. The maximum atomic E-state index is 12.2. The van der Waals surface area contributed by atoms with Crippen LogP contribution in [0.5, 0.6) is 5.75 Å². The molecule has 2 nitrogen and oxygen atoms in total. The van der Waals surface area contributed by atoms with Crippen molar-refractivity contribution in [2.24, 2.45) is 5.92 Å². The highest BCUT2D eigenvalue weighted by molar-refractivity contribution is 9.10. The number of halogens is 5. The number of alkyl halides is 3. The Balaban J connectivity index is 2.71. The van der Waals surface area contributed by atoms with E-state index in [0.29, 0.717) is 4.47 Å². The van der Waals surface area contributed by atoms with Crippen LogP contribution in [0.3, 0.4) is 0 Å². The lowest BCUT2D eigenvalue weighted by molar-refractivity contribution is -0.165. The van der Waals surface area contributed by atoms with Gasteiger partial charge in [-0.25, -0.2) is 0 Å². The molecule has 0 saturated carbocycles. The molecule has 1 atom stereocenters. The fourth-order valence-electron chi connectivity index (χ4n) is 0.970. The third-order valence-corrected chi connectivity index (χ3v) is 2.64. The molecule has 0 N–H and O–H groups in total. The summed E-state index contributed by atoms with van der Waals surface area (Å²) >= 11 is 8.90. The van der Waals surface area contributed by atoms with E-state index >= 15 is 0 Å². The summed E-state index contributed by atoms with van der Waals surface area (Å²) in [6.45, 7) is -0.776. The predicted molar refractivity (Wildman–Crippen MR) is 59.8 cm³/mol. The summed E-state index contributed by atoms with van der Waals surface area (Å²) in [6.07, 6.45) is -4.60. The van der Waals surface area contributed by atoms with Crippen LogP contribution in [0.4, 0.5) is 13.2 Å². The molecule has 0 amide bonds. The third kappa shape index (κ3) is 4.10. The SMILES string of the molecule is N#CC(COc1ccc(Br)cc1Cl)C(F)(F)F. The van der Waals surface area contributed by atoms with Crippen molar-refractivity contribution in [1.29, 1.82) is 5.26 Å². The van der Waals surface area contributed by atoms with Gasteiger partial charge in [-0.2, -0.15) is 18.4 Å². The van der Waals surface area contributed by atoms with E-state index in [9.17, 15) is 13.2 Å². The number of benzene rings is 1. The van der Waals surface area contributed by atoms with Crippen LogP contribution >= 0.6 is 27.5 Å². The Morgan fingerprint density at radius 2 is 2.12 bits per heavy atom. The first-order valence-corrected chi connectivity index (χ1v) is 5.56. The summed E-state index contributed by atoms with van der Waals surface area (Å²) in [5.41, 5.74) is 0. The standard InChI is InChI=1S/C10H6BrClF3NO/c11-7-1-2-9(8(12)3-7)17-5-6(4-16)10(13,14)15/h1-3,6H,5H2. The van der Waals surface area contributed by atoms with Crippen molar-refractivity contribution in [2.75, 3.05) is 6.61 Å². The molecule has 0 aliphatic rings. The van der Waals surface area contributed by atoms with Crippen molar-refractivity contribution < 1.29 is 17.9 Å². The van der Waals surface area contributed by atoms with Crippen LogP contribution in [0.15, 0.2) is 22.7 Å². The van der Waals surface area contributed by atoms with Crippen LogP contribution in [-0.2, 0) is 0 Å². The Bertz CT molecular complexity index is 444. The quantitative estimate of drug-likeness (QED) is 0.834. The monoisotopic (exact) mass is 327 g/mol. The molecule has 7 heteroatoms. The van der Waals surface area contributed by atoms with Gasteiger partial charge in [0.2, 0.25) is 0 Å². The van der Waals surface area contributed by atoms with Gasteiger partial charge < -0.3 is 4.74 Å². The molecule has 0 radical (unpaired) electrons. The van der Waals surface area contributed by atoms with Crippen LogP contribution in [0, 0.1) is 17.2 Å². The minimum absolute atomic E-state index is 0.111. The Kier molecular flexibility index (Phi) is 4.66. The number of ether oxygens (including phenoxy) is 1. The average molecular weight is 329 g/mol. The summed E-state index contributed by atoms with van der Waals surface area (Å²) < 4.78 is 42.3. The van der Waals surface area contributed by atoms with Crippen molar-refractivity contribution in [2.45, 2.75) is 6.18 Å². The van der Waals surface area contributed by atoms with E-state index in [1.807, 2.05) is 0 Å². The van der Waals surface area contributed by atoms with Crippen LogP contribution in [-0.4, -0.2) is 12.8 Å². The van der Waals surface area contributed by atoms with Gasteiger partial charge in [-0.15, -0.1) is 0 Å². The van der Waals surface area contributed by atoms with Crippen molar-refractivity contribution in [3.63, 3.8) is 0 Å². The Morgan fingerprint density at radius 3 is 2.59 bits per heavy atom. The summed E-state index contributed by atoms with van der Waals surface area (Å²) in [4.78, 5) is 0. The van der Waals surface area contributed by atoms with E-state index in [1.165, 1.54) is 12.1 Å². The third-order valence-electron chi connectivity index (χ3n) is 1.85. The van der Waals surface area contributed by atoms with Gasteiger partial charge in [-0.3, -0.25) is 0 Å². The van der Waals surface area contributed by atoms with E-state index in [-0.39, 0.29) is 10.8 Å². The number of rotatable bonds is 3. The van der Waals surface area contributed by atoms with E-state index in [2.05, 4.69) is 15.9 Å². The van der Waals surface area contributed by atoms with Crippen molar-refractivity contribution in [1.82, 2.24) is 0 Å². The minimum Gasteiger partial charge on any atom is -0.490 e. The second kappa shape index (κ2) is 5.61. The van der Waals surface area contributed by atoms with E-state index in [0.717, 1.165) is 6.07 Å². The molecule has 0 fully saturated rings. The van der Waals surface area contributed by atoms with Crippen molar-refractivity contribution in [3.8, 4) is 11.8 Å².